The van der Waals surface area contributed by atoms with E-state index >= 15 is 0 Å². The zero-order chi connectivity index (χ0) is 15.7. The molecule has 1 amide bonds. The second-order valence-electron chi connectivity index (χ2n) is 4.62. The number of fused-ring (bicyclic) bond motifs is 2. The summed E-state index contributed by atoms with van der Waals surface area (Å²) in [6, 6.07) is 7.94. The molecular formula is C14H12N4O4. The summed E-state index contributed by atoms with van der Waals surface area (Å²) in [6.07, 6.45) is 1.09. The molecular weight excluding hydrogens is 288 g/mol. The molecule has 2 N–H and O–H groups in total. The van der Waals surface area contributed by atoms with Crippen molar-refractivity contribution >= 4 is 17.4 Å². The number of pyridine rings is 1. The highest BCUT2D eigenvalue weighted by Crippen LogP contribution is 2.38. The van der Waals surface area contributed by atoms with Crippen LogP contribution in [0.25, 0.3) is 0 Å². The Labute approximate surface area is 125 Å². The molecule has 0 atom stereocenters. The minimum absolute atomic E-state index is 0.154. The van der Waals surface area contributed by atoms with Crippen LogP contribution < -0.4 is 15.4 Å². The lowest BCUT2D eigenvalue weighted by atomic mass is 10.2. The van der Waals surface area contributed by atoms with Crippen molar-refractivity contribution in [2.45, 2.75) is 0 Å². The standard InChI is InChI=1S/C14H12N4O4/c15-5-6-17-13-12(7-9(8-16-13)18(20)21)22-11-4-2-1-3-10(11)14(17)19/h1-4,7-8H,5-6,15H2. The van der Waals surface area contributed by atoms with Crippen molar-refractivity contribution in [1.82, 2.24) is 4.98 Å². The predicted molar refractivity (Wildman–Crippen MR) is 78.1 cm³/mol. The van der Waals surface area contributed by atoms with E-state index in [2.05, 4.69) is 4.98 Å². The minimum atomic E-state index is -0.567. The van der Waals surface area contributed by atoms with Crippen LogP contribution in [0.2, 0.25) is 0 Å². The summed E-state index contributed by atoms with van der Waals surface area (Å²) >= 11 is 0. The predicted octanol–water partition coefficient (Wildman–Crippen LogP) is 1.70. The van der Waals surface area contributed by atoms with Crippen molar-refractivity contribution in [3.05, 3.63) is 52.2 Å². The first-order chi connectivity index (χ1) is 10.6. The third kappa shape index (κ3) is 2.25. The van der Waals surface area contributed by atoms with E-state index < -0.39 is 4.92 Å². The Morgan fingerprint density at radius 1 is 1.32 bits per heavy atom. The molecule has 8 nitrogen and oxygen atoms in total. The zero-order valence-electron chi connectivity index (χ0n) is 11.4. The number of nitrogens with two attached hydrogens (primary N) is 1. The Bertz CT molecular complexity index is 762. The molecule has 0 unspecified atom stereocenters. The van der Waals surface area contributed by atoms with Crippen molar-refractivity contribution in [2.24, 2.45) is 5.73 Å². The Morgan fingerprint density at radius 2 is 2.09 bits per heavy atom. The van der Waals surface area contributed by atoms with E-state index in [1.165, 1.54) is 11.0 Å². The lowest BCUT2D eigenvalue weighted by Crippen LogP contribution is -2.35. The number of nitrogens with zero attached hydrogens (tertiary/aromatic N) is 3. The molecule has 0 fully saturated rings. The third-order valence-corrected chi connectivity index (χ3v) is 3.22. The lowest BCUT2D eigenvalue weighted by molar-refractivity contribution is -0.385. The van der Waals surface area contributed by atoms with Crippen LogP contribution >= 0.6 is 0 Å². The average Bonchev–Trinajstić information content (AvgIpc) is 2.63. The van der Waals surface area contributed by atoms with Crippen LogP contribution in [0.3, 0.4) is 0 Å². The summed E-state index contributed by atoms with van der Waals surface area (Å²) in [4.78, 5) is 28.3. The molecule has 0 bridgehead atoms. The summed E-state index contributed by atoms with van der Waals surface area (Å²) in [7, 11) is 0. The van der Waals surface area contributed by atoms with Crippen LogP contribution in [0, 0.1) is 10.1 Å². The lowest BCUT2D eigenvalue weighted by Gasteiger charge is -2.19. The summed E-state index contributed by atoms with van der Waals surface area (Å²) in [6.45, 7) is 0.459. The Morgan fingerprint density at radius 3 is 2.82 bits per heavy atom. The molecule has 0 aliphatic carbocycles. The molecule has 1 aliphatic heterocycles. The van der Waals surface area contributed by atoms with Gasteiger partial charge in [-0.25, -0.2) is 4.98 Å². The number of amides is 1. The highest BCUT2D eigenvalue weighted by Gasteiger charge is 2.30. The van der Waals surface area contributed by atoms with Crippen LogP contribution in [0.4, 0.5) is 11.5 Å². The first-order valence-electron chi connectivity index (χ1n) is 6.55. The number of benzene rings is 1. The maximum absolute atomic E-state index is 12.6. The number of hydrogen-bond acceptors (Lipinski definition) is 6. The van der Waals surface area contributed by atoms with Gasteiger partial charge in [-0.05, 0) is 12.1 Å². The molecule has 1 aliphatic rings. The highest BCUT2D eigenvalue weighted by molar-refractivity contribution is 6.09. The van der Waals surface area contributed by atoms with Gasteiger partial charge in [0.25, 0.3) is 11.6 Å². The average molecular weight is 300 g/mol. The van der Waals surface area contributed by atoms with E-state index in [9.17, 15) is 14.9 Å². The summed E-state index contributed by atoms with van der Waals surface area (Å²) in [5.74, 6) is 0.398. The summed E-state index contributed by atoms with van der Waals surface area (Å²) < 4.78 is 5.67. The van der Waals surface area contributed by atoms with Gasteiger partial charge in [-0.15, -0.1) is 0 Å². The van der Waals surface area contributed by atoms with E-state index in [1.807, 2.05) is 0 Å². The van der Waals surface area contributed by atoms with Crippen molar-refractivity contribution < 1.29 is 14.5 Å². The molecule has 112 valence electrons. The molecule has 22 heavy (non-hydrogen) atoms. The van der Waals surface area contributed by atoms with Gasteiger partial charge in [0.1, 0.15) is 11.9 Å². The molecule has 3 rings (SSSR count). The monoisotopic (exact) mass is 300 g/mol. The maximum Gasteiger partial charge on any atom is 0.291 e. The number of carbonyl (C=O) groups excluding carboxylic acids is 1. The molecule has 2 aromatic rings. The quantitative estimate of drug-likeness (QED) is 0.682. The fraction of sp³-hybridized carbons (Fsp3) is 0.143. The van der Waals surface area contributed by atoms with Gasteiger partial charge in [-0.1, -0.05) is 12.1 Å². The van der Waals surface area contributed by atoms with Gasteiger partial charge in [0.2, 0.25) is 0 Å². The second kappa shape index (κ2) is 5.41. The smallest absolute Gasteiger partial charge is 0.291 e. The van der Waals surface area contributed by atoms with Gasteiger partial charge in [-0.2, -0.15) is 0 Å². The Kier molecular flexibility index (Phi) is 3.43. The van der Waals surface area contributed by atoms with Crippen molar-refractivity contribution in [2.75, 3.05) is 18.0 Å². The number of nitro groups is 1. The van der Waals surface area contributed by atoms with Gasteiger partial charge in [0.05, 0.1) is 16.6 Å². The molecule has 0 radical (unpaired) electrons. The molecule has 8 heteroatoms. The molecule has 0 saturated heterocycles. The van der Waals surface area contributed by atoms with E-state index in [0.717, 1.165) is 6.20 Å². The fourth-order valence-corrected chi connectivity index (χ4v) is 2.23. The molecule has 0 spiro atoms. The number of carbonyl (C=O) groups is 1. The second-order valence-corrected chi connectivity index (χ2v) is 4.62. The zero-order valence-corrected chi connectivity index (χ0v) is 11.4. The highest BCUT2D eigenvalue weighted by atomic mass is 16.6. The van der Waals surface area contributed by atoms with Crippen LogP contribution in [0.15, 0.2) is 36.5 Å². The minimum Gasteiger partial charge on any atom is -0.452 e. The van der Waals surface area contributed by atoms with Crippen LogP contribution in [-0.4, -0.2) is 28.9 Å². The first kappa shape index (κ1) is 14.0. The van der Waals surface area contributed by atoms with Gasteiger partial charge in [-0.3, -0.25) is 19.8 Å². The number of hydrogen-bond donors (Lipinski definition) is 1. The molecule has 2 heterocycles. The number of ether oxygens (including phenoxy) is 1. The van der Waals surface area contributed by atoms with Crippen LogP contribution in [0.1, 0.15) is 10.4 Å². The Hall–Kier alpha value is -3.00. The topological polar surface area (TPSA) is 112 Å². The number of rotatable bonds is 3. The van der Waals surface area contributed by atoms with Crippen molar-refractivity contribution in [1.29, 1.82) is 0 Å². The van der Waals surface area contributed by atoms with Gasteiger partial charge in [0.15, 0.2) is 11.6 Å². The third-order valence-electron chi connectivity index (χ3n) is 3.22. The first-order valence-corrected chi connectivity index (χ1v) is 6.55. The molecule has 0 saturated carbocycles. The largest absolute Gasteiger partial charge is 0.452 e. The molecule has 1 aromatic heterocycles. The van der Waals surface area contributed by atoms with Crippen molar-refractivity contribution in [3.8, 4) is 11.5 Å². The van der Waals surface area contributed by atoms with E-state index in [4.69, 9.17) is 10.5 Å². The summed E-state index contributed by atoms with van der Waals surface area (Å²) in [5, 5.41) is 10.9. The normalized spacial score (nSPS) is 13.0. The Balaban J connectivity index is 2.19. The van der Waals surface area contributed by atoms with E-state index in [1.54, 1.807) is 24.3 Å². The van der Waals surface area contributed by atoms with Gasteiger partial charge in [0, 0.05) is 13.1 Å². The SMILES string of the molecule is NCCN1C(=O)c2ccccc2Oc2cc([N+](=O)[O-])cnc21. The number of aromatic nitrogens is 1. The van der Waals surface area contributed by atoms with Crippen LogP contribution in [0.5, 0.6) is 11.5 Å². The molecule has 1 aromatic carbocycles. The van der Waals surface area contributed by atoms with E-state index in [-0.39, 0.29) is 36.3 Å². The number of para-hydroxylation sites is 1. The van der Waals surface area contributed by atoms with Crippen LogP contribution in [-0.2, 0) is 0 Å². The number of anilines is 1. The summed E-state index contributed by atoms with van der Waals surface area (Å²) in [5.41, 5.74) is 5.71. The van der Waals surface area contributed by atoms with E-state index in [0.29, 0.717) is 11.3 Å². The van der Waals surface area contributed by atoms with Gasteiger partial charge >= 0.3 is 0 Å². The fourth-order valence-electron chi connectivity index (χ4n) is 2.23. The van der Waals surface area contributed by atoms with Crippen molar-refractivity contribution in [3.63, 3.8) is 0 Å². The maximum atomic E-state index is 12.6. The van der Waals surface area contributed by atoms with Gasteiger partial charge < -0.3 is 10.5 Å².